The molecule has 21 heavy (non-hydrogen) atoms. The molecule has 5 heteroatoms. The number of nitrogens with zero attached hydrogens (tertiary/aromatic N) is 4. The average Bonchev–Trinajstić information content (AvgIpc) is 3.05. The van der Waals surface area contributed by atoms with Crippen LogP contribution in [0.4, 0.5) is 0 Å². The standard InChI is InChI=1S/C16H22N4O/c1-12-8-13(2)11-20(10-12)16(21)14-9-17-18(3)15(14)19-6-4-5-7-19/h4-7,9,12-13H,8,10-11H2,1-3H3. The Bertz CT molecular complexity index is 619. The lowest BCUT2D eigenvalue weighted by molar-refractivity contribution is 0.0623. The van der Waals surface area contributed by atoms with E-state index < -0.39 is 0 Å². The Hall–Kier alpha value is -2.04. The van der Waals surface area contributed by atoms with E-state index in [2.05, 4.69) is 18.9 Å². The van der Waals surface area contributed by atoms with Crippen LogP contribution >= 0.6 is 0 Å². The Kier molecular flexibility index (Phi) is 3.57. The lowest BCUT2D eigenvalue weighted by Gasteiger charge is -2.35. The quantitative estimate of drug-likeness (QED) is 0.850. The number of carbonyl (C=O) groups excluding carboxylic acids is 1. The molecule has 2 atom stereocenters. The molecule has 2 aromatic rings. The summed E-state index contributed by atoms with van der Waals surface area (Å²) in [7, 11) is 1.87. The number of carbonyl (C=O) groups is 1. The van der Waals surface area contributed by atoms with Crippen LogP contribution in [0.5, 0.6) is 0 Å². The first kappa shape index (κ1) is 13.9. The minimum absolute atomic E-state index is 0.0881. The highest BCUT2D eigenvalue weighted by molar-refractivity contribution is 5.97. The average molecular weight is 286 g/mol. The van der Waals surface area contributed by atoms with Crippen molar-refractivity contribution in [3.8, 4) is 5.82 Å². The molecule has 0 N–H and O–H groups in total. The van der Waals surface area contributed by atoms with Crippen LogP contribution in [0.1, 0.15) is 30.6 Å². The van der Waals surface area contributed by atoms with Gasteiger partial charge in [-0.05, 0) is 30.4 Å². The van der Waals surface area contributed by atoms with E-state index in [1.807, 2.05) is 41.0 Å². The first-order valence-corrected chi connectivity index (χ1v) is 7.51. The SMILES string of the molecule is CC1CC(C)CN(C(=O)c2cnn(C)c2-n2cccc2)C1. The molecule has 2 unspecified atom stereocenters. The van der Waals surface area contributed by atoms with E-state index >= 15 is 0 Å². The molecule has 2 aromatic heterocycles. The number of aromatic nitrogens is 3. The zero-order chi connectivity index (χ0) is 15.0. The molecule has 3 rings (SSSR count). The second kappa shape index (κ2) is 5.39. The molecule has 1 aliphatic rings. The molecule has 0 spiro atoms. The maximum Gasteiger partial charge on any atom is 0.259 e. The molecular formula is C16H22N4O. The fraction of sp³-hybridized carbons (Fsp3) is 0.500. The van der Waals surface area contributed by atoms with E-state index in [0.717, 1.165) is 18.9 Å². The van der Waals surface area contributed by atoms with Crippen LogP contribution in [0.15, 0.2) is 30.7 Å². The third-order valence-electron chi connectivity index (χ3n) is 4.14. The molecule has 3 heterocycles. The number of piperidine rings is 1. The molecule has 112 valence electrons. The largest absolute Gasteiger partial charge is 0.338 e. The fourth-order valence-corrected chi connectivity index (χ4v) is 3.36. The van der Waals surface area contributed by atoms with E-state index in [-0.39, 0.29) is 5.91 Å². The molecule has 0 bridgehead atoms. The van der Waals surface area contributed by atoms with E-state index in [4.69, 9.17) is 0 Å². The van der Waals surface area contributed by atoms with Gasteiger partial charge in [0, 0.05) is 32.5 Å². The molecule has 5 nitrogen and oxygen atoms in total. The van der Waals surface area contributed by atoms with Crippen molar-refractivity contribution >= 4 is 5.91 Å². The summed E-state index contributed by atoms with van der Waals surface area (Å²) in [6.45, 7) is 6.10. The highest BCUT2D eigenvalue weighted by atomic mass is 16.2. The van der Waals surface area contributed by atoms with Crippen molar-refractivity contribution in [2.45, 2.75) is 20.3 Å². The van der Waals surface area contributed by atoms with Gasteiger partial charge in [-0.2, -0.15) is 5.10 Å². The highest BCUT2D eigenvalue weighted by Crippen LogP contribution is 2.24. The van der Waals surface area contributed by atoms with E-state index in [1.165, 1.54) is 6.42 Å². The van der Waals surface area contributed by atoms with Crippen LogP contribution in [0, 0.1) is 11.8 Å². The Morgan fingerprint density at radius 1 is 1.19 bits per heavy atom. The number of hydrogen-bond donors (Lipinski definition) is 0. The zero-order valence-corrected chi connectivity index (χ0v) is 12.9. The first-order valence-electron chi connectivity index (χ1n) is 7.51. The third-order valence-corrected chi connectivity index (χ3v) is 4.14. The molecule has 0 aliphatic carbocycles. The predicted octanol–water partition coefficient (Wildman–Crippen LogP) is 2.33. The summed E-state index contributed by atoms with van der Waals surface area (Å²) in [5, 5.41) is 4.27. The van der Waals surface area contributed by atoms with Crippen molar-refractivity contribution in [3.05, 3.63) is 36.3 Å². The summed E-state index contributed by atoms with van der Waals surface area (Å²) < 4.78 is 3.70. The van der Waals surface area contributed by atoms with Crippen LogP contribution in [0.3, 0.4) is 0 Å². The lowest BCUT2D eigenvalue weighted by Crippen LogP contribution is -2.42. The van der Waals surface area contributed by atoms with Gasteiger partial charge in [-0.3, -0.25) is 9.48 Å². The normalized spacial score (nSPS) is 22.5. The van der Waals surface area contributed by atoms with Crippen LogP contribution in [0.25, 0.3) is 5.82 Å². The minimum atomic E-state index is 0.0881. The van der Waals surface area contributed by atoms with Gasteiger partial charge in [-0.25, -0.2) is 0 Å². The summed E-state index contributed by atoms with van der Waals surface area (Å²) in [4.78, 5) is 14.9. The monoisotopic (exact) mass is 286 g/mol. The first-order chi connectivity index (χ1) is 10.1. The maximum atomic E-state index is 12.9. The Morgan fingerprint density at radius 2 is 1.81 bits per heavy atom. The molecule has 1 amide bonds. The van der Waals surface area contributed by atoms with Gasteiger partial charge in [0.15, 0.2) is 0 Å². The second-order valence-electron chi connectivity index (χ2n) is 6.25. The van der Waals surface area contributed by atoms with Gasteiger partial charge in [0.25, 0.3) is 5.91 Å². The van der Waals surface area contributed by atoms with E-state index in [0.29, 0.717) is 17.4 Å². The Labute approximate surface area is 125 Å². The maximum absolute atomic E-state index is 12.9. The lowest BCUT2D eigenvalue weighted by atomic mass is 9.91. The molecule has 1 saturated heterocycles. The van der Waals surface area contributed by atoms with Crippen LogP contribution in [-0.2, 0) is 7.05 Å². The van der Waals surface area contributed by atoms with Crippen molar-refractivity contribution in [2.75, 3.05) is 13.1 Å². The topological polar surface area (TPSA) is 43.1 Å². The number of likely N-dealkylation sites (tertiary alicyclic amines) is 1. The molecule has 1 fully saturated rings. The number of amides is 1. The summed E-state index contributed by atoms with van der Waals surface area (Å²) in [6.07, 6.45) is 6.76. The zero-order valence-electron chi connectivity index (χ0n) is 12.9. The van der Waals surface area contributed by atoms with Crippen molar-refractivity contribution < 1.29 is 4.79 Å². The van der Waals surface area contributed by atoms with E-state index in [1.54, 1.807) is 10.9 Å². The summed E-state index contributed by atoms with van der Waals surface area (Å²) in [6, 6.07) is 3.90. The van der Waals surface area contributed by atoms with Crippen LogP contribution in [0.2, 0.25) is 0 Å². The van der Waals surface area contributed by atoms with Gasteiger partial charge < -0.3 is 9.47 Å². The smallest absolute Gasteiger partial charge is 0.259 e. The van der Waals surface area contributed by atoms with E-state index in [9.17, 15) is 4.79 Å². The van der Waals surface area contributed by atoms with Crippen molar-refractivity contribution in [1.29, 1.82) is 0 Å². The minimum Gasteiger partial charge on any atom is -0.338 e. The highest BCUT2D eigenvalue weighted by Gasteiger charge is 2.28. The molecule has 1 aliphatic heterocycles. The van der Waals surface area contributed by atoms with Crippen LogP contribution in [-0.4, -0.2) is 38.2 Å². The molecule has 0 radical (unpaired) electrons. The van der Waals surface area contributed by atoms with Crippen molar-refractivity contribution in [1.82, 2.24) is 19.2 Å². The predicted molar refractivity (Wildman–Crippen MR) is 81.4 cm³/mol. The van der Waals surface area contributed by atoms with Crippen molar-refractivity contribution in [3.63, 3.8) is 0 Å². The summed E-state index contributed by atoms with van der Waals surface area (Å²) in [5.74, 6) is 2.04. The summed E-state index contributed by atoms with van der Waals surface area (Å²) >= 11 is 0. The molecular weight excluding hydrogens is 264 g/mol. The van der Waals surface area contributed by atoms with Crippen molar-refractivity contribution in [2.24, 2.45) is 18.9 Å². The number of aryl methyl sites for hydroxylation is 1. The number of rotatable bonds is 2. The van der Waals surface area contributed by atoms with Gasteiger partial charge in [0.05, 0.1) is 6.20 Å². The Morgan fingerprint density at radius 3 is 2.43 bits per heavy atom. The Balaban J connectivity index is 1.92. The van der Waals surface area contributed by atoms with Gasteiger partial charge in [0.1, 0.15) is 11.4 Å². The fourth-order valence-electron chi connectivity index (χ4n) is 3.36. The third kappa shape index (κ3) is 2.60. The van der Waals surface area contributed by atoms with Gasteiger partial charge >= 0.3 is 0 Å². The van der Waals surface area contributed by atoms with Crippen LogP contribution < -0.4 is 0 Å². The van der Waals surface area contributed by atoms with Gasteiger partial charge in [-0.15, -0.1) is 0 Å². The molecule has 0 saturated carbocycles. The van der Waals surface area contributed by atoms with Gasteiger partial charge in [0.2, 0.25) is 0 Å². The number of hydrogen-bond acceptors (Lipinski definition) is 2. The van der Waals surface area contributed by atoms with Gasteiger partial charge in [-0.1, -0.05) is 13.8 Å². The molecule has 0 aromatic carbocycles. The summed E-state index contributed by atoms with van der Waals surface area (Å²) in [5.41, 5.74) is 0.676. The second-order valence-corrected chi connectivity index (χ2v) is 6.25.